The van der Waals surface area contributed by atoms with Crippen LogP contribution in [0.4, 0.5) is 5.69 Å². The lowest BCUT2D eigenvalue weighted by molar-refractivity contribution is -0.117. The molecule has 1 fully saturated rings. The lowest BCUT2D eigenvalue weighted by atomic mass is 10.0. The molecule has 0 spiro atoms. The third-order valence-corrected chi connectivity index (χ3v) is 6.54. The Morgan fingerprint density at radius 1 is 1.23 bits per heavy atom. The lowest BCUT2D eigenvalue weighted by Gasteiger charge is -2.23. The minimum absolute atomic E-state index is 0.00302. The van der Waals surface area contributed by atoms with Crippen molar-refractivity contribution in [2.75, 3.05) is 4.90 Å². The largest absolute Gasteiger partial charge is 0.477 e. The maximum Gasteiger partial charge on any atom is 0.345 e. The van der Waals surface area contributed by atoms with E-state index >= 15 is 0 Å². The molecule has 3 rings (SSSR count). The maximum absolute atomic E-state index is 12.5. The van der Waals surface area contributed by atoms with E-state index in [1.54, 1.807) is 6.07 Å². The Balaban J connectivity index is 1.63. The summed E-state index contributed by atoms with van der Waals surface area (Å²) in [7, 11) is 0. The van der Waals surface area contributed by atoms with E-state index in [0.717, 1.165) is 48.2 Å². The highest BCUT2D eigenvalue weighted by atomic mass is 32.1. The SMILES string of the molecule is CCCCC[C@@H](O)c1ccc(N2C(=O)CC[C@@H]2/C=C/Cc2ccc(C(=O)O)s2)cc1. The number of hydrogen-bond donors (Lipinski definition) is 2. The molecule has 1 saturated heterocycles. The molecule has 160 valence electrons. The molecule has 1 amide bonds. The van der Waals surface area contributed by atoms with Crippen molar-refractivity contribution in [1.29, 1.82) is 0 Å². The Bertz CT molecular complexity index is 887. The summed E-state index contributed by atoms with van der Waals surface area (Å²) < 4.78 is 0. The van der Waals surface area contributed by atoms with Gasteiger partial charge in [0.15, 0.2) is 0 Å². The van der Waals surface area contributed by atoms with Gasteiger partial charge in [-0.1, -0.05) is 50.5 Å². The molecule has 2 heterocycles. The summed E-state index contributed by atoms with van der Waals surface area (Å²) >= 11 is 1.28. The van der Waals surface area contributed by atoms with Crippen LogP contribution in [0.15, 0.2) is 48.6 Å². The molecule has 0 unspecified atom stereocenters. The van der Waals surface area contributed by atoms with Crippen molar-refractivity contribution in [2.24, 2.45) is 0 Å². The number of carbonyl (C=O) groups excluding carboxylic acids is 1. The first kappa shape index (κ1) is 22.2. The van der Waals surface area contributed by atoms with E-state index in [9.17, 15) is 14.7 Å². The normalized spacial score (nSPS) is 17.7. The second-order valence-electron chi connectivity index (χ2n) is 7.68. The second-order valence-corrected chi connectivity index (χ2v) is 8.84. The molecule has 0 radical (unpaired) electrons. The molecule has 0 bridgehead atoms. The Morgan fingerprint density at radius 2 is 2.00 bits per heavy atom. The average molecular weight is 428 g/mol. The lowest BCUT2D eigenvalue weighted by Crippen LogP contribution is -2.31. The summed E-state index contributed by atoms with van der Waals surface area (Å²) in [6.45, 7) is 2.15. The number of rotatable bonds is 10. The number of benzene rings is 1. The van der Waals surface area contributed by atoms with Gasteiger partial charge >= 0.3 is 5.97 Å². The van der Waals surface area contributed by atoms with Gasteiger partial charge in [0, 0.05) is 17.0 Å². The first-order chi connectivity index (χ1) is 14.5. The number of anilines is 1. The van der Waals surface area contributed by atoms with Crippen LogP contribution in [0.2, 0.25) is 0 Å². The van der Waals surface area contributed by atoms with E-state index in [4.69, 9.17) is 5.11 Å². The molecule has 2 aromatic rings. The van der Waals surface area contributed by atoms with Crippen molar-refractivity contribution in [2.45, 2.75) is 64.0 Å². The number of allylic oxidation sites excluding steroid dienone is 1. The Labute approximate surface area is 181 Å². The van der Waals surface area contributed by atoms with Gasteiger partial charge in [-0.15, -0.1) is 11.3 Å². The average Bonchev–Trinajstić information content (AvgIpc) is 3.35. The summed E-state index contributed by atoms with van der Waals surface area (Å²) in [5, 5.41) is 19.4. The van der Waals surface area contributed by atoms with Crippen molar-refractivity contribution >= 4 is 28.9 Å². The van der Waals surface area contributed by atoms with Gasteiger partial charge in [0.05, 0.1) is 12.1 Å². The molecular weight excluding hydrogens is 398 g/mol. The molecule has 2 N–H and O–H groups in total. The van der Waals surface area contributed by atoms with E-state index in [0.29, 0.717) is 17.7 Å². The predicted molar refractivity (Wildman–Crippen MR) is 120 cm³/mol. The van der Waals surface area contributed by atoms with Gasteiger partial charge in [0.25, 0.3) is 0 Å². The van der Waals surface area contributed by atoms with Crippen LogP contribution in [0.1, 0.15) is 71.7 Å². The van der Waals surface area contributed by atoms with Crippen LogP contribution in [0.5, 0.6) is 0 Å². The summed E-state index contributed by atoms with van der Waals surface area (Å²) in [4.78, 5) is 26.6. The fourth-order valence-corrected chi connectivity index (χ4v) is 4.60. The molecule has 1 aromatic carbocycles. The number of aliphatic hydroxyl groups excluding tert-OH is 1. The summed E-state index contributed by atoms with van der Waals surface area (Å²) in [5.41, 5.74) is 1.74. The van der Waals surface area contributed by atoms with Gasteiger partial charge in [-0.05, 0) is 49.1 Å². The number of carboxylic acid groups (broad SMARTS) is 1. The zero-order chi connectivity index (χ0) is 21.5. The molecule has 6 heteroatoms. The Kier molecular flexibility index (Phi) is 7.82. The zero-order valence-electron chi connectivity index (χ0n) is 17.3. The summed E-state index contributed by atoms with van der Waals surface area (Å²) in [6.07, 6.45) is 9.54. The first-order valence-corrected chi connectivity index (χ1v) is 11.4. The minimum Gasteiger partial charge on any atom is -0.477 e. The zero-order valence-corrected chi connectivity index (χ0v) is 18.1. The topological polar surface area (TPSA) is 77.8 Å². The number of aromatic carboxylic acids is 1. The third kappa shape index (κ3) is 5.58. The standard InChI is InChI=1S/C24H29NO4S/c1-2-3-4-8-21(26)17-9-11-19(12-10-17)25-18(13-16-23(25)27)6-5-7-20-14-15-22(30-20)24(28)29/h5-6,9-12,14-15,18,21,26H,2-4,7-8,13,16H2,1H3,(H,28,29)/b6-5+/t18-,21+/m0/s1. The first-order valence-electron chi connectivity index (χ1n) is 10.6. The van der Waals surface area contributed by atoms with Crippen molar-refractivity contribution in [1.82, 2.24) is 0 Å². The molecule has 1 aromatic heterocycles. The highest BCUT2D eigenvalue weighted by Gasteiger charge is 2.30. The molecule has 0 aliphatic carbocycles. The molecule has 2 atom stereocenters. The minimum atomic E-state index is -0.901. The van der Waals surface area contributed by atoms with Crippen LogP contribution >= 0.6 is 11.3 Å². The number of hydrogen-bond acceptors (Lipinski definition) is 4. The Hall–Kier alpha value is -2.44. The van der Waals surface area contributed by atoms with Crippen LogP contribution in [0.25, 0.3) is 0 Å². The van der Waals surface area contributed by atoms with Gasteiger partial charge in [0.2, 0.25) is 5.91 Å². The van der Waals surface area contributed by atoms with Gasteiger partial charge in [-0.25, -0.2) is 4.79 Å². The maximum atomic E-state index is 12.5. The van der Waals surface area contributed by atoms with Crippen LogP contribution < -0.4 is 4.90 Å². The summed E-state index contributed by atoms with van der Waals surface area (Å²) in [6, 6.07) is 11.1. The second kappa shape index (κ2) is 10.5. The molecule has 1 aliphatic heterocycles. The van der Waals surface area contributed by atoms with E-state index < -0.39 is 12.1 Å². The van der Waals surface area contributed by atoms with E-state index in [1.807, 2.05) is 47.4 Å². The van der Waals surface area contributed by atoms with Crippen LogP contribution in [0, 0.1) is 0 Å². The van der Waals surface area contributed by atoms with Crippen LogP contribution in [-0.4, -0.2) is 28.1 Å². The molecule has 0 saturated carbocycles. The van der Waals surface area contributed by atoms with E-state index in [2.05, 4.69) is 6.92 Å². The Morgan fingerprint density at radius 3 is 2.67 bits per heavy atom. The number of carboxylic acids is 1. The van der Waals surface area contributed by atoms with Crippen molar-refractivity contribution in [3.8, 4) is 0 Å². The number of thiophene rings is 1. The third-order valence-electron chi connectivity index (χ3n) is 5.44. The van der Waals surface area contributed by atoms with Crippen molar-refractivity contribution in [3.63, 3.8) is 0 Å². The van der Waals surface area contributed by atoms with Crippen LogP contribution in [-0.2, 0) is 11.2 Å². The van der Waals surface area contributed by atoms with Gasteiger partial charge < -0.3 is 15.1 Å². The molecular formula is C24H29NO4S. The predicted octanol–water partition coefficient (Wildman–Crippen LogP) is 5.35. The molecule has 5 nitrogen and oxygen atoms in total. The summed E-state index contributed by atoms with van der Waals surface area (Å²) in [5.74, 6) is -0.799. The smallest absolute Gasteiger partial charge is 0.345 e. The van der Waals surface area contributed by atoms with E-state index in [-0.39, 0.29) is 11.9 Å². The van der Waals surface area contributed by atoms with Gasteiger partial charge in [0.1, 0.15) is 4.88 Å². The van der Waals surface area contributed by atoms with Crippen molar-refractivity contribution < 1.29 is 19.8 Å². The number of aliphatic hydroxyl groups is 1. The fourth-order valence-electron chi connectivity index (χ4n) is 3.78. The molecule has 1 aliphatic rings. The highest BCUT2D eigenvalue weighted by molar-refractivity contribution is 7.13. The monoisotopic (exact) mass is 427 g/mol. The fraction of sp³-hybridized carbons (Fsp3) is 0.417. The number of nitrogens with zero attached hydrogens (tertiary/aromatic N) is 1. The quantitative estimate of drug-likeness (QED) is 0.395. The van der Waals surface area contributed by atoms with Crippen molar-refractivity contribution in [3.05, 3.63) is 63.9 Å². The highest BCUT2D eigenvalue weighted by Crippen LogP contribution is 2.30. The number of unbranched alkanes of at least 4 members (excludes halogenated alkanes) is 2. The van der Waals surface area contributed by atoms with E-state index in [1.165, 1.54) is 11.3 Å². The number of carbonyl (C=O) groups is 2. The van der Waals surface area contributed by atoms with Crippen LogP contribution in [0.3, 0.4) is 0 Å². The molecule has 30 heavy (non-hydrogen) atoms. The van der Waals surface area contributed by atoms with Gasteiger partial charge in [-0.2, -0.15) is 0 Å². The van der Waals surface area contributed by atoms with Gasteiger partial charge in [-0.3, -0.25) is 4.79 Å². The number of amides is 1.